The molecule has 0 aliphatic carbocycles. The Morgan fingerprint density at radius 3 is 2.55 bits per heavy atom. The SMILES string of the molecule is CCCN1CCN(Cc2ccncc2)C[C@H](Cc2cccc(-c3cccnc3)c2)C1=O. The van der Waals surface area contributed by atoms with E-state index in [9.17, 15) is 4.79 Å². The predicted molar refractivity (Wildman–Crippen MR) is 123 cm³/mol. The molecule has 1 atom stereocenters. The predicted octanol–water partition coefficient (Wildman–Crippen LogP) is 4.06. The Balaban J connectivity index is 1.54. The highest BCUT2D eigenvalue weighted by atomic mass is 16.2. The van der Waals surface area contributed by atoms with Gasteiger partial charge in [-0.15, -0.1) is 0 Å². The molecule has 0 spiro atoms. The van der Waals surface area contributed by atoms with Crippen molar-refractivity contribution in [1.29, 1.82) is 0 Å². The fraction of sp³-hybridized carbons (Fsp3) is 0.346. The topological polar surface area (TPSA) is 49.3 Å². The zero-order valence-corrected chi connectivity index (χ0v) is 18.2. The van der Waals surface area contributed by atoms with Gasteiger partial charge in [0, 0.05) is 57.5 Å². The molecule has 1 fully saturated rings. The Morgan fingerprint density at radius 2 is 1.77 bits per heavy atom. The fourth-order valence-electron chi connectivity index (χ4n) is 4.34. The van der Waals surface area contributed by atoms with Crippen LogP contribution in [0, 0.1) is 5.92 Å². The standard InChI is InChI=1S/C26H30N4O/c1-2-13-30-15-14-29(19-21-8-11-27-12-9-21)20-25(26(30)31)17-22-5-3-6-23(16-22)24-7-4-10-28-18-24/h3-12,16,18,25H,2,13-15,17,19-20H2,1H3/t25-/m0/s1. The van der Waals surface area contributed by atoms with Gasteiger partial charge in [0.2, 0.25) is 5.91 Å². The molecule has 4 rings (SSSR count). The summed E-state index contributed by atoms with van der Waals surface area (Å²) in [5.74, 6) is 0.242. The average molecular weight is 415 g/mol. The molecule has 1 aliphatic rings. The van der Waals surface area contributed by atoms with E-state index in [2.05, 4.69) is 69.2 Å². The number of nitrogens with zero attached hydrogens (tertiary/aromatic N) is 4. The van der Waals surface area contributed by atoms with Crippen molar-refractivity contribution in [3.63, 3.8) is 0 Å². The highest BCUT2D eigenvalue weighted by Gasteiger charge is 2.30. The molecule has 5 nitrogen and oxygen atoms in total. The molecule has 5 heteroatoms. The van der Waals surface area contributed by atoms with E-state index >= 15 is 0 Å². The monoisotopic (exact) mass is 414 g/mol. The third-order valence-corrected chi connectivity index (χ3v) is 5.88. The second kappa shape index (κ2) is 10.3. The van der Waals surface area contributed by atoms with Crippen LogP contribution in [0.4, 0.5) is 0 Å². The van der Waals surface area contributed by atoms with Crippen molar-refractivity contribution >= 4 is 5.91 Å². The van der Waals surface area contributed by atoms with E-state index in [1.54, 1.807) is 6.20 Å². The Labute approximate surface area is 184 Å². The first-order chi connectivity index (χ1) is 15.2. The Hall–Kier alpha value is -3.05. The average Bonchev–Trinajstić information content (AvgIpc) is 2.95. The lowest BCUT2D eigenvalue weighted by molar-refractivity contribution is -0.134. The molecule has 2 aromatic heterocycles. The number of hydrogen-bond donors (Lipinski definition) is 0. The van der Waals surface area contributed by atoms with E-state index in [-0.39, 0.29) is 11.8 Å². The lowest BCUT2D eigenvalue weighted by Crippen LogP contribution is -2.37. The summed E-state index contributed by atoms with van der Waals surface area (Å²) in [4.78, 5) is 26.2. The van der Waals surface area contributed by atoms with Gasteiger partial charge >= 0.3 is 0 Å². The molecule has 1 saturated heterocycles. The minimum atomic E-state index is -0.0416. The minimum Gasteiger partial charge on any atom is -0.341 e. The summed E-state index contributed by atoms with van der Waals surface area (Å²) < 4.78 is 0. The smallest absolute Gasteiger partial charge is 0.227 e. The summed E-state index contributed by atoms with van der Waals surface area (Å²) in [7, 11) is 0. The number of hydrogen-bond acceptors (Lipinski definition) is 4. The molecule has 0 radical (unpaired) electrons. The van der Waals surface area contributed by atoms with Crippen LogP contribution in [0.25, 0.3) is 11.1 Å². The first-order valence-corrected chi connectivity index (χ1v) is 11.1. The van der Waals surface area contributed by atoms with Gasteiger partial charge in [0.25, 0.3) is 0 Å². The summed E-state index contributed by atoms with van der Waals surface area (Å²) in [6.07, 6.45) is 9.08. The summed E-state index contributed by atoms with van der Waals surface area (Å²) in [6.45, 7) is 6.29. The van der Waals surface area contributed by atoms with E-state index in [4.69, 9.17) is 0 Å². The maximum Gasteiger partial charge on any atom is 0.227 e. The number of carbonyl (C=O) groups excluding carboxylic acids is 1. The number of aromatic nitrogens is 2. The Bertz CT molecular complexity index is 977. The zero-order valence-electron chi connectivity index (χ0n) is 18.2. The highest BCUT2D eigenvalue weighted by molar-refractivity contribution is 5.80. The van der Waals surface area contributed by atoms with E-state index < -0.39 is 0 Å². The molecule has 1 aromatic carbocycles. The van der Waals surface area contributed by atoms with Gasteiger partial charge in [-0.05, 0) is 53.3 Å². The van der Waals surface area contributed by atoms with E-state index in [1.807, 2.05) is 24.7 Å². The number of amides is 1. The van der Waals surface area contributed by atoms with Gasteiger partial charge in [0.1, 0.15) is 0 Å². The van der Waals surface area contributed by atoms with Crippen LogP contribution in [-0.4, -0.2) is 51.9 Å². The summed E-state index contributed by atoms with van der Waals surface area (Å²) in [6, 6.07) is 16.7. The first-order valence-electron chi connectivity index (χ1n) is 11.1. The van der Waals surface area contributed by atoms with Gasteiger partial charge < -0.3 is 4.90 Å². The number of carbonyl (C=O) groups is 1. The van der Waals surface area contributed by atoms with Gasteiger partial charge in [0.15, 0.2) is 0 Å². The molecule has 160 valence electrons. The van der Waals surface area contributed by atoms with Gasteiger partial charge in [-0.1, -0.05) is 37.3 Å². The van der Waals surface area contributed by atoms with Crippen LogP contribution in [-0.2, 0) is 17.8 Å². The van der Waals surface area contributed by atoms with Crippen LogP contribution in [0.15, 0.2) is 73.3 Å². The lowest BCUT2D eigenvalue weighted by atomic mass is 9.95. The third-order valence-electron chi connectivity index (χ3n) is 5.88. The quantitative estimate of drug-likeness (QED) is 0.585. The maximum absolute atomic E-state index is 13.4. The van der Waals surface area contributed by atoms with E-state index in [1.165, 1.54) is 11.1 Å². The summed E-state index contributed by atoms with van der Waals surface area (Å²) in [5.41, 5.74) is 4.68. The number of pyridine rings is 2. The van der Waals surface area contributed by atoms with Crippen molar-refractivity contribution in [2.45, 2.75) is 26.3 Å². The van der Waals surface area contributed by atoms with Crippen LogP contribution in [0.1, 0.15) is 24.5 Å². The molecular formula is C26H30N4O. The Kier molecular flexibility index (Phi) is 7.05. The van der Waals surface area contributed by atoms with E-state index in [0.717, 1.165) is 56.7 Å². The largest absolute Gasteiger partial charge is 0.341 e. The maximum atomic E-state index is 13.4. The molecular weight excluding hydrogens is 384 g/mol. The van der Waals surface area contributed by atoms with Crippen LogP contribution >= 0.6 is 0 Å². The van der Waals surface area contributed by atoms with Gasteiger partial charge in [-0.25, -0.2) is 0 Å². The molecule has 31 heavy (non-hydrogen) atoms. The molecule has 1 aliphatic heterocycles. The highest BCUT2D eigenvalue weighted by Crippen LogP contribution is 2.23. The van der Waals surface area contributed by atoms with Crippen molar-refractivity contribution in [2.24, 2.45) is 5.92 Å². The van der Waals surface area contributed by atoms with Crippen LogP contribution < -0.4 is 0 Å². The number of benzene rings is 1. The van der Waals surface area contributed by atoms with Crippen LogP contribution in [0.2, 0.25) is 0 Å². The molecule has 0 unspecified atom stereocenters. The molecule has 3 aromatic rings. The second-order valence-corrected chi connectivity index (χ2v) is 8.26. The molecule has 1 amide bonds. The van der Waals surface area contributed by atoms with Crippen molar-refractivity contribution in [1.82, 2.24) is 19.8 Å². The third kappa shape index (κ3) is 5.56. The van der Waals surface area contributed by atoms with Crippen molar-refractivity contribution in [3.8, 4) is 11.1 Å². The van der Waals surface area contributed by atoms with Crippen molar-refractivity contribution in [2.75, 3.05) is 26.2 Å². The molecule has 0 bridgehead atoms. The zero-order chi connectivity index (χ0) is 21.5. The number of rotatable bonds is 7. The normalized spacial score (nSPS) is 17.5. The van der Waals surface area contributed by atoms with Crippen LogP contribution in [0.3, 0.4) is 0 Å². The van der Waals surface area contributed by atoms with Gasteiger partial charge in [-0.3, -0.25) is 19.7 Å². The summed E-state index contributed by atoms with van der Waals surface area (Å²) in [5, 5.41) is 0. The van der Waals surface area contributed by atoms with Crippen LogP contribution in [0.5, 0.6) is 0 Å². The minimum absolute atomic E-state index is 0.0416. The van der Waals surface area contributed by atoms with Gasteiger partial charge in [-0.2, -0.15) is 0 Å². The fourth-order valence-corrected chi connectivity index (χ4v) is 4.34. The summed E-state index contributed by atoms with van der Waals surface area (Å²) >= 11 is 0. The molecule has 0 N–H and O–H groups in total. The lowest BCUT2D eigenvalue weighted by Gasteiger charge is -2.24. The Morgan fingerprint density at radius 1 is 0.935 bits per heavy atom. The van der Waals surface area contributed by atoms with Crippen molar-refractivity contribution in [3.05, 3.63) is 84.4 Å². The van der Waals surface area contributed by atoms with Gasteiger partial charge in [0.05, 0.1) is 5.92 Å². The molecule has 0 saturated carbocycles. The first kappa shape index (κ1) is 21.2. The second-order valence-electron chi connectivity index (χ2n) is 8.26. The van der Waals surface area contributed by atoms with E-state index in [0.29, 0.717) is 0 Å². The molecule has 3 heterocycles. The van der Waals surface area contributed by atoms with Crippen molar-refractivity contribution < 1.29 is 4.79 Å².